The summed E-state index contributed by atoms with van der Waals surface area (Å²) in [6.45, 7) is -1.06. The van der Waals surface area contributed by atoms with Gasteiger partial charge in [0.2, 0.25) is 5.89 Å². The Morgan fingerprint density at radius 2 is 1.82 bits per heavy atom. The standard InChI is InChI=1S/C17H13F2NO2/c1-11-10-21-16(20-11)13-7-8-15(22-17(18)19)14(9-13)12-5-3-2-4-6-12/h2-10,17H,1H3. The second-order valence-electron chi connectivity index (χ2n) is 4.75. The molecular weight excluding hydrogens is 288 g/mol. The van der Waals surface area contributed by atoms with E-state index >= 15 is 0 Å². The van der Waals surface area contributed by atoms with Crippen molar-refractivity contribution in [3.8, 4) is 28.3 Å². The summed E-state index contributed by atoms with van der Waals surface area (Å²) in [7, 11) is 0. The van der Waals surface area contributed by atoms with Gasteiger partial charge >= 0.3 is 6.61 Å². The van der Waals surface area contributed by atoms with Crippen LogP contribution in [0, 0.1) is 6.92 Å². The van der Waals surface area contributed by atoms with Gasteiger partial charge in [-0.05, 0) is 30.7 Å². The van der Waals surface area contributed by atoms with Crippen molar-refractivity contribution < 1.29 is 17.9 Å². The summed E-state index contributed by atoms with van der Waals surface area (Å²) in [6, 6.07) is 14.1. The SMILES string of the molecule is Cc1coc(-c2ccc(OC(F)F)c(-c3ccccc3)c2)n1. The van der Waals surface area contributed by atoms with Crippen molar-refractivity contribution in [3.05, 3.63) is 60.5 Å². The Hall–Kier alpha value is -2.69. The van der Waals surface area contributed by atoms with E-state index in [1.54, 1.807) is 18.4 Å². The molecule has 0 unspecified atom stereocenters. The molecule has 0 amide bonds. The molecule has 0 aliphatic rings. The van der Waals surface area contributed by atoms with Gasteiger partial charge in [0.15, 0.2) is 0 Å². The lowest BCUT2D eigenvalue weighted by Gasteiger charge is -2.12. The minimum atomic E-state index is -2.88. The van der Waals surface area contributed by atoms with Gasteiger partial charge in [0.05, 0.1) is 5.69 Å². The maximum atomic E-state index is 12.6. The number of aryl methyl sites for hydroxylation is 1. The Labute approximate surface area is 126 Å². The lowest BCUT2D eigenvalue weighted by atomic mass is 10.0. The number of nitrogens with zero attached hydrogens (tertiary/aromatic N) is 1. The quantitative estimate of drug-likeness (QED) is 0.686. The van der Waals surface area contributed by atoms with Gasteiger partial charge in [-0.15, -0.1) is 0 Å². The van der Waals surface area contributed by atoms with Crippen molar-refractivity contribution in [2.75, 3.05) is 0 Å². The van der Waals surface area contributed by atoms with E-state index < -0.39 is 6.61 Å². The highest BCUT2D eigenvalue weighted by Gasteiger charge is 2.14. The third-order valence-electron chi connectivity index (χ3n) is 3.15. The van der Waals surface area contributed by atoms with Crippen molar-refractivity contribution in [3.63, 3.8) is 0 Å². The van der Waals surface area contributed by atoms with E-state index in [0.717, 1.165) is 11.3 Å². The fourth-order valence-corrected chi connectivity index (χ4v) is 2.19. The Morgan fingerprint density at radius 1 is 1.05 bits per heavy atom. The molecule has 22 heavy (non-hydrogen) atoms. The highest BCUT2D eigenvalue weighted by Crippen LogP contribution is 2.34. The monoisotopic (exact) mass is 301 g/mol. The Morgan fingerprint density at radius 3 is 2.45 bits per heavy atom. The van der Waals surface area contributed by atoms with Crippen LogP contribution in [0.1, 0.15) is 5.69 Å². The molecule has 1 heterocycles. The molecule has 3 aromatic rings. The average Bonchev–Trinajstić information content (AvgIpc) is 2.94. The molecule has 2 aromatic carbocycles. The van der Waals surface area contributed by atoms with Gasteiger partial charge in [-0.25, -0.2) is 4.98 Å². The third-order valence-corrected chi connectivity index (χ3v) is 3.15. The molecule has 0 bridgehead atoms. The minimum absolute atomic E-state index is 0.119. The summed E-state index contributed by atoms with van der Waals surface area (Å²) in [5.74, 6) is 0.562. The number of hydrogen-bond acceptors (Lipinski definition) is 3. The average molecular weight is 301 g/mol. The number of alkyl halides is 2. The molecule has 0 saturated carbocycles. The van der Waals surface area contributed by atoms with Gasteiger partial charge < -0.3 is 9.15 Å². The molecule has 0 aliphatic carbocycles. The van der Waals surface area contributed by atoms with E-state index in [1.165, 1.54) is 6.07 Å². The molecule has 0 radical (unpaired) electrons. The Kier molecular flexibility index (Phi) is 3.87. The molecule has 0 atom stereocenters. The van der Waals surface area contributed by atoms with Gasteiger partial charge in [0.1, 0.15) is 12.0 Å². The van der Waals surface area contributed by atoms with Crippen molar-refractivity contribution >= 4 is 0 Å². The highest BCUT2D eigenvalue weighted by atomic mass is 19.3. The topological polar surface area (TPSA) is 35.3 Å². The fraction of sp³-hybridized carbons (Fsp3) is 0.118. The zero-order chi connectivity index (χ0) is 15.5. The Balaban J connectivity index is 2.10. The van der Waals surface area contributed by atoms with Crippen molar-refractivity contribution in [1.29, 1.82) is 0 Å². The van der Waals surface area contributed by atoms with Crippen LogP contribution in [0.15, 0.2) is 59.2 Å². The maximum absolute atomic E-state index is 12.6. The fourth-order valence-electron chi connectivity index (χ4n) is 2.19. The molecule has 0 spiro atoms. The van der Waals surface area contributed by atoms with E-state index in [1.807, 2.05) is 37.3 Å². The van der Waals surface area contributed by atoms with Gasteiger partial charge in [-0.1, -0.05) is 30.3 Å². The molecule has 5 heteroatoms. The summed E-state index contributed by atoms with van der Waals surface area (Å²) < 4.78 is 35.2. The third kappa shape index (κ3) is 2.98. The second kappa shape index (κ2) is 5.97. The van der Waals surface area contributed by atoms with Gasteiger partial charge in [0.25, 0.3) is 0 Å². The predicted octanol–water partition coefficient (Wildman–Crippen LogP) is 4.92. The minimum Gasteiger partial charge on any atom is -0.444 e. The molecule has 112 valence electrons. The molecular formula is C17H13F2NO2. The van der Waals surface area contributed by atoms with Gasteiger partial charge in [0, 0.05) is 11.1 Å². The smallest absolute Gasteiger partial charge is 0.387 e. The number of rotatable bonds is 4. The van der Waals surface area contributed by atoms with Crippen LogP contribution in [0.3, 0.4) is 0 Å². The first-order valence-corrected chi connectivity index (χ1v) is 6.70. The summed E-state index contributed by atoms with van der Waals surface area (Å²) in [5, 5.41) is 0. The molecule has 3 nitrogen and oxygen atoms in total. The van der Waals surface area contributed by atoms with Crippen molar-refractivity contribution in [2.24, 2.45) is 0 Å². The zero-order valence-corrected chi connectivity index (χ0v) is 11.8. The molecule has 3 rings (SSSR count). The Bertz CT molecular complexity index is 769. The number of aromatic nitrogens is 1. The zero-order valence-electron chi connectivity index (χ0n) is 11.8. The summed E-state index contributed by atoms with van der Waals surface area (Å²) in [6.07, 6.45) is 1.54. The summed E-state index contributed by atoms with van der Waals surface area (Å²) in [4.78, 5) is 4.25. The first kappa shape index (κ1) is 14.3. The molecule has 0 aliphatic heterocycles. The van der Waals surface area contributed by atoms with E-state index in [2.05, 4.69) is 9.72 Å². The normalized spacial score (nSPS) is 10.9. The van der Waals surface area contributed by atoms with Gasteiger partial charge in [-0.3, -0.25) is 0 Å². The van der Waals surface area contributed by atoms with Crippen LogP contribution in [0.4, 0.5) is 8.78 Å². The molecule has 1 aromatic heterocycles. The summed E-state index contributed by atoms with van der Waals surface area (Å²) in [5.41, 5.74) is 2.80. The lowest BCUT2D eigenvalue weighted by Crippen LogP contribution is -2.03. The number of oxazole rings is 1. The van der Waals surface area contributed by atoms with Crippen LogP contribution < -0.4 is 4.74 Å². The maximum Gasteiger partial charge on any atom is 0.387 e. The van der Waals surface area contributed by atoms with Gasteiger partial charge in [-0.2, -0.15) is 8.78 Å². The number of ether oxygens (including phenoxy) is 1. The van der Waals surface area contributed by atoms with Crippen LogP contribution in [-0.4, -0.2) is 11.6 Å². The number of benzene rings is 2. The number of hydrogen-bond donors (Lipinski definition) is 0. The first-order valence-electron chi connectivity index (χ1n) is 6.70. The van der Waals surface area contributed by atoms with Crippen LogP contribution in [0.25, 0.3) is 22.6 Å². The molecule has 0 fully saturated rings. The van der Waals surface area contributed by atoms with E-state index in [0.29, 0.717) is 17.0 Å². The second-order valence-corrected chi connectivity index (χ2v) is 4.75. The summed E-state index contributed by atoms with van der Waals surface area (Å²) >= 11 is 0. The first-order chi connectivity index (χ1) is 10.6. The van der Waals surface area contributed by atoms with Crippen LogP contribution in [-0.2, 0) is 0 Å². The molecule has 0 N–H and O–H groups in total. The van der Waals surface area contributed by atoms with E-state index in [-0.39, 0.29) is 5.75 Å². The van der Waals surface area contributed by atoms with Crippen LogP contribution >= 0.6 is 0 Å². The largest absolute Gasteiger partial charge is 0.444 e. The lowest BCUT2D eigenvalue weighted by molar-refractivity contribution is -0.0494. The predicted molar refractivity (Wildman–Crippen MR) is 78.7 cm³/mol. The van der Waals surface area contributed by atoms with Crippen molar-refractivity contribution in [2.45, 2.75) is 13.5 Å². The number of halogens is 2. The molecule has 0 saturated heterocycles. The van der Waals surface area contributed by atoms with Crippen molar-refractivity contribution in [1.82, 2.24) is 4.98 Å². The van der Waals surface area contributed by atoms with E-state index in [9.17, 15) is 8.78 Å². The van der Waals surface area contributed by atoms with Crippen LogP contribution in [0.5, 0.6) is 5.75 Å². The van der Waals surface area contributed by atoms with Crippen LogP contribution in [0.2, 0.25) is 0 Å². The highest BCUT2D eigenvalue weighted by molar-refractivity contribution is 5.75. The van der Waals surface area contributed by atoms with E-state index in [4.69, 9.17) is 4.42 Å².